The second-order valence-corrected chi connectivity index (χ2v) is 22.3. The molecule has 0 bridgehead atoms. The number of hydrogen-bond acceptors (Lipinski definition) is 2. The molecule has 0 fully saturated rings. The Morgan fingerprint density at radius 2 is 1.02 bits per heavy atom. The van der Waals surface area contributed by atoms with Gasteiger partial charge in [-0.05, 0) is 91.2 Å². The van der Waals surface area contributed by atoms with Gasteiger partial charge in [-0.2, -0.15) is 0 Å². The zero-order valence-corrected chi connectivity index (χ0v) is 36.0. The molecule has 0 atom stereocenters. The fourth-order valence-corrected chi connectivity index (χ4v) is 14.8. The molecule has 1 aliphatic rings. The molecule has 0 aliphatic carbocycles. The van der Waals surface area contributed by atoms with Crippen LogP contribution in [0.2, 0.25) is 0 Å². The van der Waals surface area contributed by atoms with Crippen molar-refractivity contribution in [2.45, 2.75) is 52.4 Å². The second kappa shape index (κ2) is 13.2. The van der Waals surface area contributed by atoms with Crippen molar-refractivity contribution >= 4 is 72.6 Å². The van der Waals surface area contributed by atoms with Gasteiger partial charge in [0.15, 0.2) is 8.07 Å². The summed E-state index contributed by atoms with van der Waals surface area (Å²) in [4.78, 5) is 0. The number of fused-ring (bicyclic) bond motifs is 8. The van der Waals surface area contributed by atoms with E-state index in [0.29, 0.717) is 0 Å². The minimum Gasteiger partial charge on any atom is -0.457 e. The minimum atomic E-state index is -2.88. The van der Waals surface area contributed by atoms with Crippen LogP contribution in [0.1, 0.15) is 52.7 Å². The van der Waals surface area contributed by atoms with Crippen LogP contribution in [0.4, 0.5) is 0 Å². The van der Waals surface area contributed by atoms with Gasteiger partial charge in [0.1, 0.15) is 22.7 Å². The van der Waals surface area contributed by atoms with Crippen LogP contribution >= 0.6 is 0 Å². The average Bonchev–Trinajstić information content (AvgIpc) is 3.80. The number of aromatic nitrogens is 1. The zero-order chi connectivity index (χ0) is 41.0. The number of ether oxygens (including phenoxy) is 1. The number of benzene rings is 8. The summed E-state index contributed by atoms with van der Waals surface area (Å²) in [5.74, 6) is 1.79. The van der Waals surface area contributed by atoms with Crippen molar-refractivity contribution in [1.82, 2.24) is 4.57 Å². The van der Waals surface area contributed by atoms with Gasteiger partial charge in [-0.3, -0.25) is 0 Å². The lowest BCUT2D eigenvalue weighted by molar-refractivity contribution is 0.489. The van der Waals surface area contributed by atoms with Gasteiger partial charge < -0.3 is 13.7 Å². The van der Waals surface area contributed by atoms with Gasteiger partial charge in [-0.25, -0.2) is 0 Å². The Kier molecular flexibility index (Phi) is 8.01. The van der Waals surface area contributed by atoms with Crippen LogP contribution in [0.5, 0.6) is 11.5 Å². The summed E-state index contributed by atoms with van der Waals surface area (Å²) in [5.41, 5.74) is 9.86. The summed E-state index contributed by atoms with van der Waals surface area (Å²) in [7, 11) is -2.88. The highest BCUT2D eigenvalue weighted by atomic mass is 28.3. The molecule has 4 heteroatoms. The quantitative estimate of drug-likeness (QED) is 0.166. The van der Waals surface area contributed by atoms with Crippen LogP contribution in [0.15, 0.2) is 180 Å². The maximum Gasteiger partial charge on any atom is 0.188 e. The molecule has 8 aromatic carbocycles. The monoisotopic (exact) mass is 793 g/mol. The first-order valence-corrected chi connectivity index (χ1v) is 23.1. The Bertz CT molecular complexity index is 3190. The highest BCUT2D eigenvalue weighted by Crippen LogP contribution is 2.45. The average molecular weight is 794 g/mol. The zero-order valence-electron chi connectivity index (χ0n) is 35.0. The molecule has 0 amide bonds. The topological polar surface area (TPSA) is 27.3 Å². The minimum absolute atomic E-state index is 0.00902. The van der Waals surface area contributed by atoms with Crippen LogP contribution in [0, 0.1) is 0 Å². The standard InChI is InChI=1S/C56H47NO2Si/c1-55(2,3)36-28-30-47-43(32-36)44-33-37(56(4,5)6)29-31-48(44)57(47)38-34-45-41-22-13-14-24-49(41)58-53(45)46(35-38)42-23-17-27-52-54(42)59-50-25-15-16-26-51(50)60(52,39-18-9-7-10-19-39)40-20-11-8-12-21-40/h7-35H,1-6H3. The molecule has 0 saturated carbocycles. The lowest BCUT2D eigenvalue weighted by Gasteiger charge is -2.40. The van der Waals surface area contributed by atoms with Crippen LogP contribution in [-0.2, 0) is 10.8 Å². The summed E-state index contributed by atoms with van der Waals surface area (Å²) in [6, 6.07) is 64.9. The van der Waals surface area contributed by atoms with Crippen molar-refractivity contribution in [3.63, 3.8) is 0 Å². The normalized spacial score (nSPS) is 13.8. The van der Waals surface area contributed by atoms with E-state index in [1.807, 2.05) is 0 Å². The first-order chi connectivity index (χ1) is 29.0. The van der Waals surface area contributed by atoms with Gasteiger partial charge >= 0.3 is 0 Å². The van der Waals surface area contributed by atoms with E-state index in [0.717, 1.165) is 50.3 Å². The molecule has 0 spiro atoms. The van der Waals surface area contributed by atoms with Crippen LogP contribution < -0.4 is 25.5 Å². The van der Waals surface area contributed by atoms with E-state index in [1.54, 1.807) is 0 Å². The smallest absolute Gasteiger partial charge is 0.188 e. The first kappa shape index (κ1) is 36.5. The van der Waals surface area contributed by atoms with Crippen molar-refractivity contribution in [1.29, 1.82) is 0 Å². The van der Waals surface area contributed by atoms with Gasteiger partial charge in [0, 0.05) is 38.4 Å². The summed E-state index contributed by atoms with van der Waals surface area (Å²) in [5, 5.41) is 9.83. The molecule has 0 unspecified atom stereocenters. The Morgan fingerprint density at radius 3 is 1.65 bits per heavy atom. The fourth-order valence-electron chi connectivity index (χ4n) is 9.82. The molecule has 10 aromatic rings. The van der Waals surface area contributed by atoms with Crippen molar-refractivity contribution in [2.24, 2.45) is 0 Å². The molecule has 2 aromatic heterocycles. The van der Waals surface area contributed by atoms with Gasteiger partial charge in [0.25, 0.3) is 0 Å². The SMILES string of the molecule is CC(C)(C)c1ccc2c(c1)c1cc(C(C)(C)C)ccc1n2-c1cc(-c2cccc3c2Oc2ccccc2[Si]3(c2ccccc2)c2ccccc2)c2oc3ccccc3c2c1. The molecule has 3 heterocycles. The number of rotatable bonds is 4. The molecule has 0 saturated heterocycles. The highest BCUT2D eigenvalue weighted by Gasteiger charge is 2.48. The Balaban J connectivity index is 1.25. The third-order valence-electron chi connectivity index (χ3n) is 12.8. The molecular weight excluding hydrogens is 747 g/mol. The number of para-hydroxylation sites is 3. The van der Waals surface area contributed by atoms with Crippen molar-refractivity contribution in [2.75, 3.05) is 0 Å². The summed E-state index contributed by atoms with van der Waals surface area (Å²) in [6.07, 6.45) is 0. The maximum atomic E-state index is 7.23. The Morgan fingerprint density at radius 1 is 0.450 bits per heavy atom. The largest absolute Gasteiger partial charge is 0.457 e. The Hall–Kier alpha value is -6.62. The van der Waals surface area contributed by atoms with Crippen LogP contribution in [0.25, 0.3) is 60.6 Å². The van der Waals surface area contributed by atoms with E-state index in [9.17, 15) is 0 Å². The van der Waals surface area contributed by atoms with E-state index >= 15 is 0 Å². The van der Waals surface area contributed by atoms with E-state index in [-0.39, 0.29) is 10.8 Å². The maximum absolute atomic E-state index is 7.23. The van der Waals surface area contributed by atoms with Crippen molar-refractivity contribution in [3.05, 3.63) is 187 Å². The lowest BCUT2D eigenvalue weighted by Crippen LogP contribution is -2.76. The molecule has 292 valence electrons. The van der Waals surface area contributed by atoms with E-state index < -0.39 is 8.07 Å². The molecule has 60 heavy (non-hydrogen) atoms. The summed E-state index contributed by atoms with van der Waals surface area (Å²) >= 11 is 0. The number of nitrogens with zero attached hydrogens (tertiary/aromatic N) is 1. The van der Waals surface area contributed by atoms with Gasteiger partial charge in [-0.1, -0.05) is 169 Å². The van der Waals surface area contributed by atoms with Crippen LogP contribution in [0.3, 0.4) is 0 Å². The van der Waals surface area contributed by atoms with Crippen LogP contribution in [-0.4, -0.2) is 12.6 Å². The summed E-state index contributed by atoms with van der Waals surface area (Å²) < 4.78 is 16.6. The molecule has 1 aliphatic heterocycles. The predicted octanol–water partition coefficient (Wildman–Crippen LogP) is 12.4. The predicted molar refractivity (Wildman–Crippen MR) is 255 cm³/mol. The number of furan rings is 1. The van der Waals surface area contributed by atoms with Gasteiger partial charge in [0.2, 0.25) is 0 Å². The second-order valence-electron chi connectivity index (χ2n) is 18.5. The van der Waals surface area contributed by atoms with E-state index in [4.69, 9.17) is 9.15 Å². The summed E-state index contributed by atoms with van der Waals surface area (Å²) in [6.45, 7) is 13.8. The number of hydrogen-bond donors (Lipinski definition) is 0. The molecule has 11 rings (SSSR count). The molecule has 0 radical (unpaired) electrons. The molecular formula is C56H47NO2Si. The molecule has 0 N–H and O–H groups in total. The van der Waals surface area contributed by atoms with E-state index in [2.05, 4.69) is 222 Å². The fraction of sp³-hybridized carbons (Fsp3) is 0.143. The van der Waals surface area contributed by atoms with Gasteiger partial charge in [-0.15, -0.1) is 0 Å². The lowest BCUT2D eigenvalue weighted by atomic mass is 9.85. The third kappa shape index (κ3) is 5.40. The first-order valence-electron chi connectivity index (χ1n) is 21.1. The highest BCUT2D eigenvalue weighted by molar-refractivity contribution is 7.20. The van der Waals surface area contributed by atoms with E-state index in [1.165, 1.54) is 53.7 Å². The Labute approximate surface area is 352 Å². The van der Waals surface area contributed by atoms with Gasteiger partial charge in [0.05, 0.1) is 11.0 Å². The third-order valence-corrected chi connectivity index (χ3v) is 17.7. The molecule has 3 nitrogen and oxygen atoms in total. The van der Waals surface area contributed by atoms with Crippen molar-refractivity contribution in [3.8, 4) is 28.3 Å². The van der Waals surface area contributed by atoms with Crippen molar-refractivity contribution < 1.29 is 9.15 Å².